The largest absolute Gasteiger partial charge is 0.378 e. The van der Waals surface area contributed by atoms with Crippen molar-refractivity contribution in [3.05, 3.63) is 36.0 Å². The Morgan fingerprint density at radius 3 is 2.71 bits per heavy atom. The van der Waals surface area contributed by atoms with E-state index in [1.54, 1.807) is 0 Å². The molecule has 28 heavy (non-hydrogen) atoms. The van der Waals surface area contributed by atoms with E-state index >= 15 is 0 Å². The van der Waals surface area contributed by atoms with E-state index in [1.807, 2.05) is 36.5 Å². The summed E-state index contributed by atoms with van der Waals surface area (Å²) in [6.07, 6.45) is 7.67. The second-order valence-electron chi connectivity index (χ2n) is 6.65. The van der Waals surface area contributed by atoms with Gasteiger partial charge in [-0.15, -0.1) is 5.10 Å². The van der Waals surface area contributed by atoms with Crippen LogP contribution in [0.15, 0.2) is 40.1 Å². The Morgan fingerprint density at radius 1 is 1.21 bits per heavy atom. The molecule has 1 fully saturated rings. The molecule has 4 rings (SSSR count). The molecule has 1 saturated carbocycles. The Labute approximate surface area is 160 Å². The van der Waals surface area contributed by atoms with Gasteiger partial charge in [-0.05, 0) is 29.1 Å². The molecular formula is C18H20N8O2. The number of hydrogen-bond acceptors (Lipinski definition) is 8. The van der Waals surface area contributed by atoms with Crippen LogP contribution in [0.25, 0.3) is 17.1 Å². The predicted molar refractivity (Wildman–Crippen MR) is 102 cm³/mol. The molecule has 0 atom stereocenters. The van der Waals surface area contributed by atoms with Gasteiger partial charge in [-0.25, -0.2) is 10.1 Å². The Hall–Kier alpha value is -3.56. The molecule has 1 aliphatic carbocycles. The summed E-state index contributed by atoms with van der Waals surface area (Å²) >= 11 is 0. The highest BCUT2D eigenvalue weighted by atomic mass is 16.6. The first-order valence-corrected chi connectivity index (χ1v) is 9.17. The van der Waals surface area contributed by atoms with E-state index in [-0.39, 0.29) is 17.3 Å². The van der Waals surface area contributed by atoms with Crippen molar-refractivity contribution in [1.29, 1.82) is 0 Å². The van der Waals surface area contributed by atoms with Crippen LogP contribution in [-0.2, 0) is 0 Å². The van der Waals surface area contributed by atoms with Crippen molar-refractivity contribution in [2.75, 3.05) is 5.73 Å². The molecule has 144 valence electrons. The maximum Gasteiger partial charge on any atom is 0.294 e. The van der Waals surface area contributed by atoms with Crippen molar-refractivity contribution in [3.8, 4) is 17.1 Å². The number of carbonyl (C=O) groups excluding carboxylic acids is 1. The van der Waals surface area contributed by atoms with E-state index in [4.69, 9.17) is 5.73 Å². The maximum atomic E-state index is 12.7. The molecule has 2 aromatic heterocycles. The molecule has 1 aliphatic rings. The quantitative estimate of drug-likeness (QED) is 0.511. The van der Waals surface area contributed by atoms with Gasteiger partial charge in [0.2, 0.25) is 11.6 Å². The third-order valence-electron chi connectivity index (χ3n) is 4.73. The molecule has 3 aromatic rings. The van der Waals surface area contributed by atoms with Crippen LogP contribution in [0.5, 0.6) is 0 Å². The molecule has 0 saturated heterocycles. The minimum atomic E-state index is -0.466. The standard InChI is InChI=1S/C18H20N8O2/c19-16-17(24-28-23-16)26-15(13-9-5-2-6-10-13)14(21-25-26)18(27)22-20-11-12-7-3-1-4-8-12/h2,5-6,9-12H,1,3-4,7-8H2,(H2,19,23)(H,22,27)/b20-11+. The molecular weight excluding hydrogens is 360 g/mol. The summed E-state index contributed by atoms with van der Waals surface area (Å²) in [5.41, 5.74) is 9.59. The zero-order valence-corrected chi connectivity index (χ0v) is 15.2. The Balaban J connectivity index is 1.63. The average molecular weight is 380 g/mol. The molecule has 3 N–H and O–H groups in total. The molecule has 0 unspecified atom stereocenters. The van der Waals surface area contributed by atoms with Gasteiger partial charge in [0.15, 0.2) is 5.69 Å². The third-order valence-corrected chi connectivity index (χ3v) is 4.73. The Kier molecular flexibility index (Phi) is 5.09. The number of benzene rings is 1. The maximum absolute atomic E-state index is 12.7. The smallest absolute Gasteiger partial charge is 0.294 e. The van der Waals surface area contributed by atoms with E-state index in [2.05, 4.69) is 35.8 Å². The van der Waals surface area contributed by atoms with Gasteiger partial charge in [0.05, 0.1) is 0 Å². The van der Waals surface area contributed by atoms with Crippen LogP contribution in [0.2, 0.25) is 0 Å². The van der Waals surface area contributed by atoms with E-state index in [0.29, 0.717) is 11.6 Å². The summed E-state index contributed by atoms with van der Waals surface area (Å²) in [7, 11) is 0. The summed E-state index contributed by atoms with van der Waals surface area (Å²) in [5.74, 6) is 0.145. The van der Waals surface area contributed by atoms with Crippen LogP contribution in [0.4, 0.5) is 5.82 Å². The molecule has 10 heteroatoms. The van der Waals surface area contributed by atoms with Crippen molar-refractivity contribution >= 4 is 17.9 Å². The third kappa shape index (κ3) is 3.61. The zero-order valence-electron chi connectivity index (χ0n) is 15.2. The molecule has 2 heterocycles. The molecule has 0 bridgehead atoms. The summed E-state index contributed by atoms with van der Waals surface area (Å²) in [6, 6.07) is 9.24. The molecule has 10 nitrogen and oxygen atoms in total. The number of nitrogens with one attached hydrogen (secondary N) is 1. The summed E-state index contributed by atoms with van der Waals surface area (Å²) in [4.78, 5) is 12.7. The summed E-state index contributed by atoms with van der Waals surface area (Å²) < 4.78 is 5.99. The lowest BCUT2D eigenvalue weighted by Gasteiger charge is -2.16. The highest BCUT2D eigenvalue weighted by molar-refractivity contribution is 5.98. The zero-order chi connectivity index (χ0) is 19.3. The number of nitrogens with two attached hydrogens (primary N) is 1. The number of nitrogen functional groups attached to an aromatic ring is 1. The number of rotatable bonds is 5. The van der Waals surface area contributed by atoms with Gasteiger partial charge < -0.3 is 5.73 Å². The number of hydrazone groups is 1. The predicted octanol–water partition coefficient (Wildman–Crippen LogP) is 2.20. The van der Waals surface area contributed by atoms with Gasteiger partial charge in [-0.3, -0.25) is 4.79 Å². The second-order valence-corrected chi connectivity index (χ2v) is 6.65. The first kappa shape index (κ1) is 17.8. The van der Waals surface area contributed by atoms with Crippen LogP contribution in [0.1, 0.15) is 42.6 Å². The minimum Gasteiger partial charge on any atom is -0.378 e. The number of hydrogen-bond donors (Lipinski definition) is 2. The van der Waals surface area contributed by atoms with Crippen molar-refractivity contribution < 1.29 is 9.42 Å². The van der Waals surface area contributed by atoms with E-state index in [0.717, 1.165) is 18.4 Å². The van der Waals surface area contributed by atoms with Crippen LogP contribution in [-0.4, -0.2) is 37.4 Å². The number of nitrogens with zero attached hydrogens (tertiary/aromatic N) is 6. The fraction of sp³-hybridized carbons (Fsp3) is 0.333. The van der Waals surface area contributed by atoms with Gasteiger partial charge in [0.25, 0.3) is 5.91 Å². The Morgan fingerprint density at radius 2 is 2.00 bits per heavy atom. The Bertz CT molecular complexity index is 973. The van der Waals surface area contributed by atoms with Gasteiger partial charge >= 0.3 is 0 Å². The SMILES string of the molecule is Nc1nonc1-n1nnc(C(=O)N/N=C/C2CCCCC2)c1-c1ccccc1. The number of carbonyl (C=O) groups is 1. The van der Waals surface area contributed by atoms with Crippen molar-refractivity contribution in [2.24, 2.45) is 11.0 Å². The normalized spacial score (nSPS) is 15.1. The highest BCUT2D eigenvalue weighted by Crippen LogP contribution is 2.26. The molecule has 0 spiro atoms. The van der Waals surface area contributed by atoms with Crippen LogP contribution < -0.4 is 11.2 Å². The first-order valence-electron chi connectivity index (χ1n) is 9.17. The lowest BCUT2D eigenvalue weighted by Crippen LogP contribution is -2.20. The van der Waals surface area contributed by atoms with Crippen molar-refractivity contribution in [2.45, 2.75) is 32.1 Å². The molecule has 0 radical (unpaired) electrons. The molecule has 1 aromatic carbocycles. The van der Waals surface area contributed by atoms with E-state index in [1.165, 1.54) is 23.9 Å². The van der Waals surface area contributed by atoms with E-state index in [9.17, 15) is 4.79 Å². The molecule has 0 aliphatic heterocycles. The number of anilines is 1. The fourth-order valence-electron chi connectivity index (χ4n) is 3.31. The first-order chi connectivity index (χ1) is 13.7. The van der Waals surface area contributed by atoms with Gasteiger partial charge in [-0.2, -0.15) is 9.78 Å². The average Bonchev–Trinajstić information content (AvgIpc) is 3.35. The van der Waals surface area contributed by atoms with Crippen molar-refractivity contribution in [3.63, 3.8) is 0 Å². The second kappa shape index (κ2) is 7.99. The highest BCUT2D eigenvalue weighted by Gasteiger charge is 2.25. The lowest BCUT2D eigenvalue weighted by molar-refractivity contribution is 0.0950. The van der Waals surface area contributed by atoms with Gasteiger partial charge in [-0.1, -0.05) is 54.8 Å². The topological polar surface area (TPSA) is 137 Å². The molecule has 1 amide bonds. The fourth-order valence-corrected chi connectivity index (χ4v) is 3.31. The lowest BCUT2D eigenvalue weighted by atomic mass is 9.90. The summed E-state index contributed by atoms with van der Waals surface area (Å²) in [6.45, 7) is 0. The van der Waals surface area contributed by atoms with Gasteiger partial charge in [0, 0.05) is 11.8 Å². The van der Waals surface area contributed by atoms with Gasteiger partial charge in [0.1, 0.15) is 5.69 Å². The van der Waals surface area contributed by atoms with Crippen LogP contribution in [0.3, 0.4) is 0 Å². The minimum absolute atomic E-state index is 0.0457. The van der Waals surface area contributed by atoms with Crippen LogP contribution in [0, 0.1) is 5.92 Å². The number of amides is 1. The van der Waals surface area contributed by atoms with Crippen molar-refractivity contribution in [1.82, 2.24) is 30.7 Å². The van der Waals surface area contributed by atoms with E-state index < -0.39 is 5.91 Å². The summed E-state index contributed by atoms with van der Waals surface area (Å²) in [5, 5.41) is 19.5. The van der Waals surface area contributed by atoms with Crippen LogP contribution >= 0.6 is 0 Å². The monoisotopic (exact) mass is 380 g/mol. The number of aromatic nitrogens is 5.